The van der Waals surface area contributed by atoms with Crippen LogP contribution in [0, 0.1) is 0 Å². The fourth-order valence-corrected chi connectivity index (χ4v) is 2.20. The lowest BCUT2D eigenvalue weighted by Gasteiger charge is -2.14. The Kier molecular flexibility index (Phi) is 3.29. The summed E-state index contributed by atoms with van der Waals surface area (Å²) in [4.78, 5) is 3.99. The number of nitrogen functional groups attached to an aromatic ring is 1. The van der Waals surface area contributed by atoms with Crippen molar-refractivity contribution in [1.29, 1.82) is 0 Å². The molecule has 1 aromatic heterocycles. The molecule has 0 aliphatic carbocycles. The zero-order valence-corrected chi connectivity index (χ0v) is 9.78. The number of thiazole rings is 1. The summed E-state index contributed by atoms with van der Waals surface area (Å²) in [6.45, 7) is -1.15. The lowest BCUT2D eigenvalue weighted by Crippen LogP contribution is -2.34. The van der Waals surface area contributed by atoms with E-state index in [1.807, 2.05) is 0 Å². The van der Waals surface area contributed by atoms with Crippen molar-refractivity contribution in [2.75, 3.05) is 17.6 Å². The highest BCUT2D eigenvalue weighted by atomic mass is 32.1. The molecule has 0 aliphatic heterocycles. The van der Waals surface area contributed by atoms with Crippen LogP contribution in [0.1, 0.15) is 0 Å². The summed E-state index contributed by atoms with van der Waals surface area (Å²) < 4.78 is 50.0. The number of anilines is 2. The van der Waals surface area contributed by atoms with E-state index in [0.29, 0.717) is 15.9 Å². The average molecular weight is 279 g/mol. The Hall–Kier alpha value is -1.57. The predicted molar refractivity (Wildman–Crippen MR) is 63.5 cm³/mol. The molecule has 0 radical (unpaired) electrons. The number of nitrogens with two attached hydrogens (primary N) is 1. The molecular weight excluding hydrogens is 270 g/mol. The monoisotopic (exact) mass is 279 g/mol. The summed E-state index contributed by atoms with van der Waals surface area (Å²) in [6.07, 6.45) is -3.70. The van der Waals surface area contributed by atoms with Crippen LogP contribution in [0.3, 0.4) is 0 Å². The molecule has 2 aromatic rings. The first-order valence-corrected chi connectivity index (χ1v) is 5.76. The van der Waals surface area contributed by atoms with Gasteiger partial charge < -0.3 is 11.1 Å². The molecule has 98 valence electrons. The molecule has 18 heavy (non-hydrogen) atoms. The number of rotatable bonds is 4. The normalized spacial score (nSPS) is 12.3. The lowest BCUT2D eigenvalue weighted by atomic mass is 10.3. The second-order valence-corrected chi connectivity index (χ2v) is 4.69. The Bertz CT molecular complexity index is 555. The summed E-state index contributed by atoms with van der Waals surface area (Å²) in [5.41, 5.74) is 6.66. The van der Waals surface area contributed by atoms with E-state index < -0.39 is 18.9 Å². The zero-order valence-electron chi connectivity index (χ0n) is 8.96. The standard InChI is InChI=1S/C10H9F4N3S/c11-8(12)10(13,14)4-16-9-17-6-2-1-5(15)3-7(6)18-9/h1-3,8H,4,15H2,(H,16,17). The summed E-state index contributed by atoms with van der Waals surface area (Å²) >= 11 is 1.08. The van der Waals surface area contributed by atoms with Crippen LogP contribution in [-0.4, -0.2) is 23.9 Å². The maximum Gasteiger partial charge on any atom is 0.324 e. The smallest absolute Gasteiger partial charge is 0.324 e. The molecule has 0 spiro atoms. The molecule has 3 nitrogen and oxygen atoms in total. The topological polar surface area (TPSA) is 50.9 Å². The number of hydrogen-bond acceptors (Lipinski definition) is 4. The van der Waals surface area contributed by atoms with Gasteiger partial charge in [-0.05, 0) is 18.2 Å². The highest BCUT2D eigenvalue weighted by Gasteiger charge is 2.40. The predicted octanol–water partition coefficient (Wildman–Crippen LogP) is 3.19. The molecule has 2 rings (SSSR count). The first-order chi connectivity index (χ1) is 8.38. The molecule has 1 heterocycles. The van der Waals surface area contributed by atoms with E-state index in [9.17, 15) is 17.6 Å². The minimum absolute atomic E-state index is 0.163. The van der Waals surface area contributed by atoms with Gasteiger partial charge in [-0.1, -0.05) is 11.3 Å². The Balaban J connectivity index is 2.13. The van der Waals surface area contributed by atoms with Crippen molar-refractivity contribution in [2.24, 2.45) is 0 Å². The number of aromatic nitrogens is 1. The van der Waals surface area contributed by atoms with Crippen LogP contribution in [0.25, 0.3) is 10.2 Å². The lowest BCUT2D eigenvalue weighted by molar-refractivity contribution is -0.117. The van der Waals surface area contributed by atoms with Crippen molar-refractivity contribution in [3.8, 4) is 0 Å². The molecular formula is C10H9F4N3S. The fraction of sp³-hybridized carbons (Fsp3) is 0.300. The van der Waals surface area contributed by atoms with Gasteiger partial charge in [0, 0.05) is 5.69 Å². The van der Waals surface area contributed by atoms with Gasteiger partial charge in [0.15, 0.2) is 5.13 Å². The molecule has 0 unspecified atom stereocenters. The van der Waals surface area contributed by atoms with E-state index in [4.69, 9.17) is 5.73 Å². The van der Waals surface area contributed by atoms with Gasteiger partial charge in [-0.2, -0.15) is 8.78 Å². The largest absolute Gasteiger partial charge is 0.399 e. The van der Waals surface area contributed by atoms with Crippen LogP contribution in [-0.2, 0) is 0 Å². The van der Waals surface area contributed by atoms with Crippen LogP contribution < -0.4 is 11.1 Å². The van der Waals surface area contributed by atoms with E-state index in [-0.39, 0.29) is 5.13 Å². The summed E-state index contributed by atoms with van der Waals surface area (Å²) in [5.74, 6) is -4.07. The van der Waals surface area contributed by atoms with Gasteiger partial charge in [-0.3, -0.25) is 0 Å². The molecule has 0 fully saturated rings. The van der Waals surface area contributed by atoms with Crippen molar-refractivity contribution >= 4 is 32.4 Å². The van der Waals surface area contributed by atoms with Crippen molar-refractivity contribution in [3.63, 3.8) is 0 Å². The number of fused-ring (bicyclic) bond motifs is 1. The molecule has 0 saturated heterocycles. The third kappa shape index (κ3) is 2.63. The molecule has 3 N–H and O–H groups in total. The summed E-state index contributed by atoms with van der Waals surface area (Å²) in [6, 6.07) is 4.90. The number of alkyl halides is 4. The molecule has 0 atom stereocenters. The van der Waals surface area contributed by atoms with E-state index in [1.54, 1.807) is 18.2 Å². The van der Waals surface area contributed by atoms with E-state index in [1.165, 1.54) is 0 Å². The number of halogens is 4. The fourth-order valence-electron chi connectivity index (χ4n) is 1.29. The molecule has 0 aliphatic rings. The number of nitrogens with zero attached hydrogens (tertiary/aromatic N) is 1. The summed E-state index contributed by atoms with van der Waals surface area (Å²) in [7, 11) is 0. The number of hydrogen-bond donors (Lipinski definition) is 2. The van der Waals surface area contributed by atoms with Crippen LogP contribution >= 0.6 is 11.3 Å². The van der Waals surface area contributed by atoms with E-state index in [2.05, 4.69) is 10.3 Å². The van der Waals surface area contributed by atoms with Crippen LogP contribution in [0.4, 0.5) is 28.4 Å². The highest BCUT2D eigenvalue weighted by molar-refractivity contribution is 7.22. The van der Waals surface area contributed by atoms with Crippen LogP contribution in [0.2, 0.25) is 0 Å². The van der Waals surface area contributed by atoms with Crippen molar-refractivity contribution in [3.05, 3.63) is 18.2 Å². The number of nitrogens with one attached hydrogen (secondary N) is 1. The van der Waals surface area contributed by atoms with Gasteiger partial charge >= 0.3 is 12.3 Å². The van der Waals surface area contributed by atoms with Crippen molar-refractivity contribution < 1.29 is 17.6 Å². The third-order valence-corrected chi connectivity index (χ3v) is 3.18. The van der Waals surface area contributed by atoms with Gasteiger partial charge in [-0.25, -0.2) is 13.8 Å². The zero-order chi connectivity index (χ0) is 13.3. The van der Waals surface area contributed by atoms with E-state index in [0.717, 1.165) is 11.3 Å². The van der Waals surface area contributed by atoms with E-state index >= 15 is 0 Å². The third-order valence-electron chi connectivity index (χ3n) is 2.21. The second-order valence-electron chi connectivity index (χ2n) is 3.66. The Morgan fingerprint density at radius 1 is 1.39 bits per heavy atom. The molecule has 8 heteroatoms. The minimum atomic E-state index is -4.07. The van der Waals surface area contributed by atoms with Gasteiger partial charge in [0.2, 0.25) is 0 Å². The maximum atomic E-state index is 12.7. The van der Waals surface area contributed by atoms with Gasteiger partial charge in [0.1, 0.15) is 0 Å². The van der Waals surface area contributed by atoms with Crippen LogP contribution in [0.15, 0.2) is 18.2 Å². The van der Waals surface area contributed by atoms with Gasteiger partial charge in [-0.15, -0.1) is 0 Å². The van der Waals surface area contributed by atoms with Crippen molar-refractivity contribution in [1.82, 2.24) is 4.98 Å². The minimum Gasteiger partial charge on any atom is -0.399 e. The first-order valence-electron chi connectivity index (χ1n) is 4.94. The molecule has 0 amide bonds. The maximum absolute atomic E-state index is 12.7. The Morgan fingerprint density at radius 2 is 2.11 bits per heavy atom. The van der Waals surface area contributed by atoms with Gasteiger partial charge in [0.25, 0.3) is 0 Å². The van der Waals surface area contributed by atoms with Crippen molar-refractivity contribution in [2.45, 2.75) is 12.3 Å². The first kappa shape index (κ1) is 12.9. The second kappa shape index (κ2) is 4.60. The summed E-state index contributed by atoms with van der Waals surface area (Å²) in [5, 5.41) is 2.37. The molecule has 0 bridgehead atoms. The Labute approximate surface area is 104 Å². The van der Waals surface area contributed by atoms with Crippen LogP contribution in [0.5, 0.6) is 0 Å². The quantitative estimate of drug-likeness (QED) is 0.667. The average Bonchev–Trinajstić information content (AvgIpc) is 2.68. The molecule has 0 saturated carbocycles. The highest BCUT2D eigenvalue weighted by Crippen LogP contribution is 2.29. The Morgan fingerprint density at radius 3 is 2.78 bits per heavy atom. The molecule has 1 aromatic carbocycles. The number of benzene rings is 1. The SMILES string of the molecule is Nc1ccc2nc(NCC(F)(F)C(F)F)sc2c1. The van der Waals surface area contributed by atoms with Gasteiger partial charge in [0.05, 0.1) is 16.8 Å².